The van der Waals surface area contributed by atoms with Gasteiger partial charge in [-0.1, -0.05) is 30.3 Å². The molecule has 1 atom stereocenters. The van der Waals surface area contributed by atoms with Crippen LogP contribution in [0.2, 0.25) is 0 Å². The Bertz CT molecular complexity index is 963. The van der Waals surface area contributed by atoms with Crippen LogP contribution in [-0.4, -0.2) is 41.8 Å². The molecule has 1 N–H and O–H groups in total. The molecule has 1 amide bonds. The Hall–Kier alpha value is -2.66. The lowest BCUT2D eigenvalue weighted by atomic mass is 9.82. The number of halogens is 1. The number of hydrogen-bond donors (Lipinski definition) is 1. The Morgan fingerprint density at radius 3 is 2.61 bits per heavy atom. The van der Waals surface area contributed by atoms with E-state index in [1.54, 1.807) is 6.07 Å². The van der Waals surface area contributed by atoms with E-state index in [-0.39, 0.29) is 11.9 Å². The van der Waals surface area contributed by atoms with Crippen molar-refractivity contribution in [1.82, 2.24) is 4.90 Å². The highest BCUT2D eigenvalue weighted by Gasteiger charge is 2.41. The largest absolute Gasteiger partial charge is 0.465 e. The average Bonchev–Trinajstić information content (AvgIpc) is 3.14. The molecule has 1 aliphatic carbocycles. The molecule has 3 fully saturated rings. The summed E-state index contributed by atoms with van der Waals surface area (Å²) in [5.41, 5.74) is 4.45. The molecule has 2 aromatic carbocycles. The molecule has 0 saturated carbocycles. The number of carboxylic acid groups (broad SMARTS) is 1. The second kappa shape index (κ2) is 6.74. The highest BCUT2D eigenvalue weighted by atomic mass is 19.1. The fourth-order valence-electron chi connectivity index (χ4n) is 5.12. The molecule has 5 heteroatoms. The summed E-state index contributed by atoms with van der Waals surface area (Å²) in [7, 11) is 0. The number of piperidine rings is 3. The minimum absolute atomic E-state index is 0.0820. The normalized spacial score (nSPS) is 25.3. The van der Waals surface area contributed by atoms with E-state index in [2.05, 4.69) is 17.0 Å². The van der Waals surface area contributed by atoms with Gasteiger partial charge in [-0.2, -0.15) is 0 Å². The van der Waals surface area contributed by atoms with Crippen LogP contribution in [0.25, 0.3) is 5.57 Å². The van der Waals surface area contributed by atoms with Crippen molar-refractivity contribution < 1.29 is 14.3 Å². The van der Waals surface area contributed by atoms with Gasteiger partial charge >= 0.3 is 6.09 Å². The second-order valence-electron chi connectivity index (χ2n) is 8.00. The van der Waals surface area contributed by atoms with Crippen molar-refractivity contribution in [3.63, 3.8) is 0 Å². The van der Waals surface area contributed by atoms with Crippen LogP contribution in [-0.2, 0) is 6.42 Å². The van der Waals surface area contributed by atoms with E-state index in [1.165, 1.54) is 22.6 Å². The first-order valence-corrected chi connectivity index (χ1v) is 9.94. The molecule has 1 unspecified atom stereocenters. The number of anilines is 1. The minimum atomic E-state index is -0.960. The quantitative estimate of drug-likeness (QED) is 0.861. The molecular weight excluding hydrogens is 355 g/mol. The fraction of sp³-hybridized carbons (Fsp3) is 0.348. The number of allylic oxidation sites excluding steroid dienone is 1. The van der Waals surface area contributed by atoms with Crippen molar-refractivity contribution >= 4 is 17.4 Å². The summed E-state index contributed by atoms with van der Waals surface area (Å²) in [5.74, 6) is 0.0205. The van der Waals surface area contributed by atoms with E-state index < -0.39 is 6.09 Å². The highest BCUT2D eigenvalue weighted by molar-refractivity contribution is 5.96. The number of benzene rings is 2. The van der Waals surface area contributed by atoms with Crippen LogP contribution in [0.1, 0.15) is 29.5 Å². The molecule has 4 nitrogen and oxygen atoms in total. The maximum absolute atomic E-state index is 14.2. The van der Waals surface area contributed by atoms with Gasteiger partial charge in [0.2, 0.25) is 0 Å². The first kappa shape index (κ1) is 17.4. The lowest BCUT2D eigenvalue weighted by molar-refractivity contribution is 0.0837. The minimum Gasteiger partial charge on any atom is -0.465 e. The van der Waals surface area contributed by atoms with Gasteiger partial charge in [0.1, 0.15) is 5.82 Å². The number of carbonyl (C=O) groups is 1. The molecule has 2 bridgehead atoms. The van der Waals surface area contributed by atoms with Gasteiger partial charge in [-0.15, -0.1) is 0 Å². The SMILES string of the molecule is O=C(O)N(c1ccc(F)cc1C1=CCc2ccccc21)C1CN2CCC1CC2. The van der Waals surface area contributed by atoms with Crippen LogP contribution in [0.15, 0.2) is 48.5 Å². The van der Waals surface area contributed by atoms with Crippen LogP contribution >= 0.6 is 0 Å². The van der Waals surface area contributed by atoms with Crippen LogP contribution in [0.3, 0.4) is 0 Å². The van der Waals surface area contributed by atoms with Gasteiger partial charge in [-0.05, 0) is 73.2 Å². The fourth-order valence-corrected chi connectivity index (χ4v) is 5.12. The average molecular weight is 378 g/mol. The molecule has 0 spiro atoms. The summed E-state index contributed by atoms with van der Waals surface area (Å²) in [6.07, 6.45) is 3.96. The van der Waals surface area contributed by atoms with Crippen LogP contribution in [0, 0.1) is 11.7 Å². The smallest absolute Gasteiger partial charge is 0.412 e. The number of amides is 1. The number of rotatable bonds is 3. The summed E-state index contributed by atoms with van der Waals surface area (Å²) in [4.78, 5) is 16.2. The Kier molecular flexibility index (Phi) is 4.20. The zero-order chi connectivity index (χ0) is 19.3. The Balaban J connectivity index is 1.61. The van der Waals surface area contributed by atoms with Gasteiger partial charge < -0.3 is 10.0 Å². The van der Waals surface area contributed by atoms with Gasteiger partial charge in [0.25, 0.3) is 0 Å². The Labute approximate surface area is 163 Å². The van der Waals surface area contributed by atoms with E-state index in [1.807, 2.05) is 18.2 Å². The summed E-state index contributed by atoms with van der Waals surface area (Å²) in [6.45, 7) is 2.84. The van der Waals surface area contributed by atoms with Gasteiger partial charge in [0.05, 0.1) is 11.7 Å². The van der Waals surface area contributed by atoms with E-state index >= 15 is 0 Å². The maximum atomic E-state index is 14.2. The van der Waals surface area contributed by atoms with E-state index in [4.69, 9.17) is 0 Å². The standard InChI is InChI=1S/C23H23FN2O2/c24-17-6-8-21(20(13-17)19-7-5-15-3-1-2-4-18(15)19)26(23(27)28)22-14-25-11-9-16(22)10-12-25/h1-4,6-8,13,16,22H,5,9-12,14H2,(H,27,28). The van der Waals surface area contributed by atoms with E-state index in [9.17, 15) is 14.3 Å². The van der Waals surface area contributed by atoms with Gasteiger partial charge in [-0.25, -0.2) is 9.18 Å². The third-order valence-electron chi connectivity index (χ3n) is 6.50. The summed E-state index contributed by atoms with van der Waals surface area (Å²) < 4.78 is 14.2. The molecule has 144 valence electrons. The van der Waals surface area contributed by atoms with Crippen molar-refractivity contribution in [3.05, 3.63) is 71.0 Å². The van der Waals surface area contributed by atoms with Gasteiger partial charge in [-0.3, -0.25) is 4.90 Å². The first-order chi connectivity index (χ1) is 13.6. The zero-order valence-electron chi connectivity index (χ0n) is 15.6. The lowest BCUT2D eigenvalue weighted by Gasteiger charge is -2.48. The lowest BCUT2D eigenvalue weighted by Crippen LogP contribution is -2.59. The van der Waals surface area contributed by atoms with Crippen LogP contribution < -0.4 is 4.90 Å². The van der Waals surface area contributed by atoms with Crippen molar-refractivity contribution in [2.75, 3.05) is 24.5 Å². The second-order valence-corrected chi connectivity index (χ2v) is 8.00. The van der Waals surface area contributed by atoms with Crippen LogP contribution in [0.5, 0.6) is 0 Å². The van der Waals surface area contributed by atoms with E-state index in [0.29, 0.717) is 17.2 Å². The number of fused-ring (bicyclic) bond motifs is 4. The molecule has 3 saturated heterocycles. The molecule has 6 rings (SSSR count). The Morgan fingerprint density at radius 2 is 1.89 bits per heavy atom. The van der Waals surface area contributed by atoms with E-state index in [0.717, 1.165) is 50.0 Å². The van der Waals surface area contributed by atoms with Crippen molar-refractivity contribution in [1.29, 1.82) is 0 Å². The van der Waals surface area contributed by atoms with Crippen LogP contribution in [0.4, 0.5) is 14.9 Å². The molecular formula is C23H23FN2O2. The van der Waals surface area contributed by atoms with Crippen molar-refractivity contribution in [2.24, 2.45) is 5.92 Å². The van der Waals surface area contributed by atoms with Gasteiger partial charge in [0.15, 0.2) is 0 Å². The van der Waals surface area contributed by atoms with Gasteiger partial charge in [0, 0.05) is 12.1 Å². The number of hydrogen-bond acceptors (Lipinski definition) is 2. The molecule has 3 heterocycles. The first-order valence-electron chi connectivity index (χ1n) is 9.94. The van der Waals surface area contributed by atoms with Crippen molar-refractivity contribution in [3.8, 4) is 0 Å². The molecule has 3 aliphatic heterocycles. The Morgan fingerprint density at radius 1 is 1.11 bits per heavy atom. The van der Waals surface area contributed by atoms with Crippen molar-refractivity contribution in [2.45, 2.75) is 25.3 Å². The maximum Gasteiger partial charge on any atom is 0.412 e. The third-order valence-corrected chi connectivity index (χ3v) is 6.50. The molecule has 28 heavy (non-hydrogen) atoms. The monoisotopic (exact) mass is 378 g/mol. The summed E-state index contributed by atoms with van der Waals surface area (Å²) in [5, 5.41) is 10.1. The molecule has 0 radical (unpaired) electrons. The highest BCUT2D eigenvalue weighted by Crippen LogP contribution is 2.41. The topological polar surface area (TPSA) is 43.8 Å². The molecule has 2 aromatic rings. The third kappa shape index (κ3) is 2.81. The summed E-state index contributed by atoms with van der Waals surface area (Å²) >= 11 is 0. The molecule has 0 aromatic heterocycles. The predicted molar refractivity (Wildman–Crippen MR) is 107 cm³/mol. The predicted octanol–water partition coefficient (Wildman–Crippen LogP) is 4.39. The summed E-state index contributed by atoms with van der Waals surface area (Å²) in [6, 6.07) is 12.5. The molecule has 4 aliphatic rings. The number of nitrogens with zero attached hydrogens (tertiary/aromatic N) is 2. The zero-order valence-corrected chi connectivity index (χ0v) is 15.6.